The second kappa shape index (κ2) is 8.62. The predicted molar refractivity (Wildman–Crippen MR) is 85.8 cm³/mol. The van der Waals surface area contributed by atoms with E-state index in [9.17, 15) is 19.2 Å². The summed E-state index contributed by atoms with van der Waals surface area (Å²) in [7, 11) is 0. The van der Waals surface area contributed by atoms with Crippen LogP contribution in [0.3, 0.4) is 0 Å². The first kappa shape index (κ1) is 19.9. The Labute approximate surface area is 140 Å². The number of amides is 3. The van der Waals surface area contributed by atoms with E-state index in [1.165, 1.54) is 11.8 Å². The first-order chi connectivity index (χ1) is 11.2. The van der Waals surface area contributed by atoms with Gasteiger partial charge >= 0.3 is 5.97 Å². The molecule has 9 nitrogen and oxygen atoms in total. The number of likely N-dealkylation sites (tertiary alicyclic amines) is 1. The van der Waals surface area contributed by atoms with Gasteiger partial charge in [-0.1, -0.05) is 13.8 Å². The van der Waals surface area contributed by atoms with E-state index in [4.69, 9.17) is 10.8 Å². The summed E-state index contributed by atoms with van der Waals surface area (Å²) in [5.41, 5.74) is 5.28. The smallest absolute Gasteiger partial charge is 0.325 e. The molecule has 1 rings (SSSR count). The monoisotopic (exact) mass is 342 g/mol. The zero-order chi connectivity index (χ0) is 18.4. The zero-order valence-corrected chi connectivity index (χ0v) is 14.2. The van der Waals surface area contributed by atoms with Gasteiger partial charge in [0.2, 0.25) is 17.7 Å². The molecule has 3 unspecified atom stereocenters. The molecule has 0 radical (unpaired) electrons. The molecule has 0 aromatic rings. The largest absolute Gasteiger partial charge is 0.480 e. The van der Waals surface area contributed by atoms with E-state index in [-0.39, 0.29) is 18.4 Å². The van der Waals surface area contributed by atoms with Crippen molar-refractivity contribution in [1.82, 2.24) is 15.5 Å². The van der Waals surface area contributed by atoms with Crippen molar-refractivity contribution in [1.29, 1.82) is 0 Å². The van der Waals surface area contributed by atoms with E-state index in [0.29, 0.717) is 19.4 Å². The number of hydrogen-bond acceptors (Lipinski definition) is 5. The minimum atomic E-state index is -1.14. The lowest BCUT2D eigenvalue weighted by Crippen LogP contribution is -2.56. The minimum Gasteiger partial charge on any atom is -0.480 e. The molecule has 0 aromatic heterocycles. The van der Waals surface area contributed by atoms with Crippen molar-refractivity contribution in [2.75, 3.05) is 13.1 Å². The highest BCUT2D eigenvalue weighted by Gasteiger charge is 2.39. The maximum atomic E-state index is 12.7. The van der Waals surface area contributed by atoms with Crippen molar-refractivity contribution >= 4 is 23.7 Å². The van der Waals surface area contributed by atoms with Crippen LogP contribution in [-0.2, 0) is 19.2 Å². The number of nitrogens with two attached hydrogens (primary N) is 1. The molecular formula is C15H26N4O5. The third-order valence-electron chi connectivity index (χ3n) is 4.00. The Bertz CT molecular complexity index is 508. The summed E-state index contributed by atoms with van der Waals surface area (Å²) >= 11 is 0. The normalized spacial score (nSPS) is 19.7. The highest BCUT2D eigenvalue weighted by molar-refractivity contribution is 5.94. The van der Waals surface area contributed by atoms with Crippen molar-refractivity contribution in [3.63, 3.8) is 0 Å². The molecule has 1 heterocycles. The number of carbonyl (C=O) groups excluding carboxylic acids is 3. The van der Waals surface area contributed by atoms with Crippen LogP contribution in [0.25, 0.3) is 0 Å². The topological polar surface area (TPSA) is 142 Å². The van der Waals surface area contributed by atoms with Crippen molar-refractivity contribution < 1.29 is 24.3 Å². The standard InChI is InChI=1S/C15H26N4O5/c1-8(2)12(18-11(20)7-16)14(22)19-6-4-5-10(19)13(21)17-9(3)15(23)24/h8-10,12H,4-7,16H2,1-3H3,(H,17,21)(H,18,20)(H,23,24). The van der Waals surface area contributed by atoms with Crippen LogP contribution in [0.5, 0.6) is 0 Å². The zero-order valence-electron chi connectivity index (χ0n) is 14.2. The van der Waals surface area contributed by atoms with Gasteiger partial charge in [0, 0.05) is 6.54 Å². The van der Waals surface area contributed by atoms with E-state index in [0.717, 1.165) is 0 Å². The number of aliphatic carboxylic acids is 1. The maximum absolute atomic E-state index is 12.7. The highest BCUT2D eigenvalue weighted by atomic mass is 16.4. The van der Waals surface area contributed by atoms with Crippen LogP contribution in [0, 0.1) is 5.92 Å². The minimum absolute atomic E-state index is 0.171. The van der Waals surface area contributed by atoms with Gasteiger partial charge in [-0.25, -0.2) is 0 Å². The number of carboxylic acid groups (broad SMARTS) is 1. The van der Waals surface area contributed by atoms with Crippen LogP contribution < -0.4 is 16.4 Å². The number of hydrogen-bond donors (Lipinski definition) is 4. The fraction of sp³-hybridized carbons (Fsp3) is 0.733. The Balaban J connectivity index is 2.84. The maximum Gasteiger partial charge on any atom is 0.325 e. The van der Waals surface area contributed by atoms with Crippen LogP contribution in [0.1, 0.15) is 33.6 Å². The molecular weight excluding hydrogens is 316 g/mol. The Hall–Kier alpha value is -2.16. The molecule has 5 N–H and O–H groups in total. The summed E-state index contributed by atoms with van der Waals surface area (Å²) in [6.45, 7) is 5.10. The summed E-state index contributed by atoms with van der Waals surface area (Å²) in [4.78, 5) is 48.8. The van der Waals surface area contributed by atoms with Crippen LogP contribution in [0.2, 0.25) is 0 Å². The highest BCUT2D eigenvalue weighted by Crippen LogP contribution is 2.20. The number of carboxylic acids is 1. The first-order valence-corrected chi connectivity index (χ1v) is 8.02. The van der Waals surface area contributed by atoms with Crippen molar-refractivity contribution in [3.05, 3.63) is 0 Å². The Morgan fingerprint density at radius 1 is 1.21 bits per heavy atom. The Morgan fingerprint density at radius 2 is 1.83 bits per heavy atom. The third-order valence-corrected chi connectivity index (χ3v) is 4.00. The predicted octanol–water partition coefficient (Wildman–Crippen LogP) is -1.33. The van der Waals surface area contributed by atoms with Gasteiger partial charge in [-0.05, 0) is 25.7 Å². The van der Waals surface area contributed by atoms with Crippen molar-refractivity contribution in [3.8, 4) is 0 Å². The van der Waals surface area contributed by atoms with E-state index in [1.807, 2.05) is 0 Å². The van der Waals surface area contributed by atoms with Gasteiger partial charge in [-0.15, -0.1) is 0 Å². The molecule has 9 heteroatoms. The van der Waals surface area contributed by atoms with Crippen molar-refractivity contribution in [2.24, 2.45) is 11.7 Å². The molecule has 0 bridgehead atoms. The van der Waals surface area contributed by atoms with E-state index in [2.05, 4.69) is 10.6 Å². The molecule has 1 aliphatic heterocycles. The molecule has 0 aliphatic carbocycles. The lowest BCUT2D eigenvalue weighted by Gasteiger charge is -2.30. The molecule has 1 fully saturated rings. The second-order valence-corrected chi connectivity index (χ2v) is 6.25. The van der Waals surface area contributed by atoms with Gasteiger partial charge in [-0.3, -0.25) is 19.2 Å². The lowest BCUT2D eigenvalue weighted by atomic mass is 10.0. The molecule has 1 aliphatic rings. The number of carbonyl (C=O) groups is 4. The summed E-state index contributed by atoms with van der Waals surface area (Å²) in [5.74, 6) is -2.61. The summed E-state index contributed by atoms with van der Waals surface area (Å²) in [6.07, 6.45) is 1.10. The lowest BCUT2D eigenvalue weighted by molar-refractivity contribution is -0.144. The summed E-state index contributed by atoms with van der Waals surface area (Å²) in [6, 6.07) is -2.53. The van der Waals surface area contributed by atoms with Crippen molar-refractivity contribution in [2.45, 2.75) is 51.7 Å². The molecule has 0 spiro atoms. The van der Waals surface area contributed by atoms with Gasteiger partial charge in [0.05, 0.1) is 6.54 Å². The van der Waals surface area contributed by atoms with Crippen LogP contribution in [-0.4, -0.2) is 64.9 Å². The van der Waals surface area contributed by atoms with Crippen LogP contribution >= 0.6 is 0 Å². The average Bonchev–Trinajstić information content (AvgIpc) is 3.00. The average molecular weight is 342 g/mol. The van der Waals surface area contributed by atoms with Gasteiger partial charge in [-0.2, -0.15) is 0 Å². The SMILES string of the molecule is CC(NC(=O)C1CCCN1C(=O)C(NC(=O)CN)C(C)C)C(=O)O. The number of nitrogens with zero attached hydrogens (tertiary/aromatic N) is 1. The second-order valence-electron chi connectivity index (χ2n) is 6.25. The van der Waals surface area contributed by atoms with Gasteiger partial charge < -0.3 is 26.4 Å². The third kappa shape index (κ3) is 4.92. The fourth-order valence-electron chi connectivity index (χ4n) is 2.60. The first-order valence-electron chi connectivity index (χ1n) is 8.02. The van der Waals surface area contributed by atoms with Crippen LogP contribution in [0.4, 0.5) is 0 Å². The van der Waals surface area contributed by atoms with Gasteiger partial charge in [0.25, 0.3) is 0 Å². The molecule has 136 valence electrons. The quantitative estimate of drug-likeness (QED) is 0.451. The van der Waals surface area contributed by atoms with E-state index >= 15 is 0 Å². The molecule has 3 amide bonds. The molecule has 24 heavy (non-hydrogen) atoms. The Kier molecular flexibility index (Phi) is 7.15. The summed E-state index contributed by atoms with van der Waals surface area (Å²) in [5, 5.41) is 13.8. The Morgan fingerprint density at radius 3 is 2.33 bits per heavy atom. The summed E-state index contributed by atoms with van der Waals surface area (Å²) < 4.78 is 0. The number of nitrogens with one attached hydrogen (secondary N) is 2. The molecule has 0 saturated carbocycles. The molecule has 0 aromatic carbocycles. The fourth-order valence-corrected chi connectivity index (χ4v) is 2.60. The van der Waals surface area contributed by atoms with Crippen LogP contribution in [0.15, 0.2) is 0 Å². The molecule has 3 atom stereocenters. The van der Waals surface area contributed by atoms with Gasteiger partial charge in [0.15, 0.2) is 0 Å². The molecule has 1 saturated heterocycles. The van der Waals surface area contributed by atoms with E-state index < -0.39 is 35.9 Å². The number of rotatable bonds is 7. The van der Waals surface area contributed by atoms with Gasteiger partial charge in [0.1, 0.15) is 18.1 Å². The van der Waals surface area contributed by atoms with E-state index in [1.54, 1.807) is 13.8 Å².